The summed E-state index contributed by atoms with van der Waals surface area (Å²) in [4.78, 5) is 22.2. The van der Waals surface area contributed by atoms with Crippen molar-refractivity contribution >= 4 is 27.5 Å². The Balaban J connectivity index is 2.75. The second kappa shape index (κ2) is 4.09. The van der Waals surface area contributed by atoms with Crippen molar-refractivity contribution in [2.24, 2.45) is 0 Å². The molecule has 0 spiro atoms. The highest BCUT2D eigenvalue weighted by atomic mass is 32.1. The Labute approximate surface area is 95.8 Å². The van der Waals surface area contributed by atoms with E-state index in [9.17, 15) is 9.59 Å². The van der Waals surface area contributed by atoms with Gasteiger partial charge in [0, 0.05) is 0 Å². The lowest BCUT2D eigenvalue weighted by molar-refractivity contribution is -0.137. The van der Waals surface area contributed by atoms with Crippen LogP contribution in [0.1, 0.15) is 12.5 Å². The number of fused-ring (bicyclic) bond motifs is 1. The van der Waals surface area contributed by atoms with Crippen molar-refractivity contribution < 1.29 is 9.90 Å². The first-order chi connectivity index (χ1) is 7.63. The molecule has 0 aliphatic carbocycles. The largest absolute Gasteiger partial charge is 0.480 e. The van der Waals surface area contributed by atoms with Crippen LogP contribution >= 0.6 is 11.3 Å². The maximum Gasteiger partial charge on any atom is 0.323 e. The zero-order valence-corrected chi connectivity index (χ0v) is 9.58. The van der Waals surface area contributed by atoms with Crippen LogP contribution in [0.4, 0.5) is 0 Å². The lowest BCUT2D eigenvalue weighted by Crippen LogP contribution is -2.19. The van der Waals surface area contributed by atoms with E-state index < -0.39 is 5.97 Å². The molecule has 2 rings (SSSR count). The number of carboxylic acids is 1. The Hall–Kier alpha value is -1.62. The van der Waals surface area contributed by atoms with Gasteiger partial charge in [0.25, 0.3) is 0 Å². The molecule has 0 saturated carbocycles. The minimum Gasteiger partial charge on any atom is -0.480 e. The molecule has 1 heterocycles. The number of carbonyl (C=O) groups is 1. The molecule has 0 amide bonds. The number of hydrogen-bond donors (Lipinski definition) is 1. The lowest BCUT2D eigenvalue weighted by atomic mass is 10.1. The van der Waals surface area contributed by atoms with Crippen molar-refractivity contribution in [2.75, 3.05) is 0 Å². The van der Waals surface area contributed by atoms with Gasteiger partial charge in [0.15, 0.2) is 0 Å². The van der Waals surface area contributed by atoms with Crippen molar-refractivity contribution in [2.45, 2.75) is 19.9 Å². The molecule has 5 heteroatoms. The molecule has 1 N–H and O–H groups in total. The van der Waals surface area contributed by atoms with Crippen LogP contribution in [-0.2, 0) is 17.8 Å². The first-order valence-corrected chi connectivity index (χ1v) is 5.78. The molecule has 0 atom stereocenters. The van der Waals surface area contributed by atoms with Gasteiger partial charge in [-0.3, -0.25) is 14.2 Å². The molecule has 0 saturated heterocycles. The molecule has 0 fully saturated rings. The highest BCUT2D eigenvalue weighted by Crippen LogP contribution is 2.21. The number of nitrogens with zero attached hydrogens (tertiary/aromatic N) is 1. The van der Waals surface area contributed by atoms with Crippen LogP contribution in [0, 0.1) is 0 Å². The molecule has 0 bridgehead atoms. The van der Waals surface area contributed by atoms with E-state index in [1.54, 1.807) is 0 Å². The number of aliphatic carboxylic acids is 1. The maximum atomic E-state index is 11.7. The maximum absolute atomic E-state index is 11.7. The van der Waals surface area contributed by atoms with Gasteiger partial charge >= 0.3 is 10.8 Å². The minimum atomic E-state index is -0.993. The van der Waals surface area contributed by atoms with Crippen molar-refractivity contribution in [3.05, 3.63) is 33.4 Å². The van der Waals surface area contributed by atoms with E-state index >= 15 is 0 Å². The number of benzene rings is 1. The van der Waals surface area contributed by atoms with Crippen LogP contribution in [0.15, 0.2) is 23.0 Å². The average Bonchev–Trinajstić information content (AvgIpc) is 2.54. The van der Waals surface area contributed by atoms with Gasteiger partial charge in [0.2, 0.25) is 0 Å². The fraction of sp³-hybridized carbons (Fsp3) is 0.273. The van der Waals surface area contributed by atoms with Crippen LogP contribution in [0.25, 0.3) is 10.2 Å². The summed E-state index contributed by atoms with van der Waals surface area (Å²) < 4.78 is 2.19. The second-order valence-electron chi connectivity index (χ2n) is 3.47. The summed E-state index contributed by atoms with van der Waals surface area (Å²) in [5.74, 6) is -0.993. The zero-order chi connectivity index (χ0) is 11.7. The molecule has 2 aromatic rings. The number of aromatic nitrogens is 1. The van der Waals surface area contributed by atoms with Gasteiger partial charge in [-0.05, 0) is 18.1 Å². The quantitative estimate of drug-likeness (QED) is 0.884. The number of rotatable bonds is 3. The molecule has 84 valence electrons. The standard InChI is InChI=1S/C11H11NO3S/c1-2-7-4-3-5-8-10(7)12(6-9(13)14)11(15)16-8/h3-5H,2,6H2,1H3,(H,13,14). The normalized spacial score (nSPS) is 10.8. The number of hydrogen-bond acceptors (Lipinski definition) is 3. The molecule has 1 aromatic carbocycles. The Kier molecular flexibility index (Phi) is 2.78. The predicted octanol–water partition coefficient (Wildman–Crippen LogP) is 1.71. The topological polar surface area (TPSA) is 59.3 Å². The fourth-order valence-electron chi connectivity index (χ4n) is 1.76. The Morgan fingerprint density at radius 1 is 1.50 bits per heavy atom. The summed E-state index contributed by atoms with van der Waals surface area (Å²) in [5, 5.41) is 8.78. The van der Waals surface area contributed by atoms with Gasteiger partial charge in [-0.1, -0.05) is 30.4 Å². The molecule has 16 heavy (non-hydrogen) atoms. The molecular weight excluding hydrogens is 226 g/mol. The average molecular weight is 237 g/mol. The summed E-state index contributed by atoms with van der Waals surface area (Å²) in [5.41, 5.74) is 1.78. The SMILES string of the molecule is CCc1cccc2sc(=O)n(CC(=O)O)c12. The van der Waals surface area contributed by atoms with E-state index in [0.29, 0.717) is 0 Å². The van der Waals surface area contributed by atoms with Crippen molar-refractivity contribution in [3.8, 4) is 0 Å². The molecular formula is C11H11NO3S. The molecule has 0 aliphatic rings. The smallest absolute Gasteiger partial charge is 0.323 e. The van der Waals surface area contributed by atoms with E-state index in [1.807, 2.05) is 25.1 Å². The summed E-state index contributed by atoms with van der Waals surface area (Å²) in [6.07, 6.45) is 0.785. The summed E-state index contributed by atoms with van der Waals surface area (Å²) in [6.45, 7) is 1.72. The number of aryl methyl sites for hydroxylation is 1. The van der Waals surface area contributed by atoms with Gasteiger partial charge < -0.3 is 5.11 Å². The van der Waals surface area contributed by atoms with E-state index in [2.05, 4.69) is 0 Å². The minimum absolute atomic E-state index is 0.210. The summed E-state index contributed by atoms with van der Waals surface area (Å²) >= 11 is 1.09. The number of thiazole rings is 1. The zero-order valence-electron chi connectivity index (χ0n) is 8.77. The Bertz CT molecular complexity index is 597. The van der Waals surface area contributed by atoms with Gasteiger partial charge in [-0.2, -0.15) is 0 Å². The molecule has 0 radical (unpaired) electrons. The van der Waals surface area contributed by atoms with E-state index in [1.165, 1.54) is 4.57 Å². The van der Waals surface area contributed by atoms with Crippen LogP contribution in [0.3, 0.4) is 0 Å². The Morgan fingerprint density at radius 3 is 2.88 bits per heavy atom. The van der Waals surface area contributed by atoms with E-state index in [4.69, 9.17) is 5.11 Å². The third-order valence-electron chi connectivity index (χ3n) is 2.44. The van der Waals surface area contributed by atoms with Crippen molar-refractivity contribution in [1.29, 1.82) is 0 Å². The second-order valence-corrected chi connectivity index (χ2v) is 4.46. The highest BCUT2D eigenvalue weighted by molar-refractivity contribution is 7.16. The van der Waals surface area contributed by atoms with Crippen LogP contribution in [-0.4, -0.2) is 15.6 Å². The number of carboxylic acid groups (broad SMARTS) is 1. The van der Waals surface area contributed by atoms with Crippen molar-refractivity contribution in [1.82, 2.24) is 4.57 Å². The summed E-state index contributed by atoms with van der Waals surface area (Å²) in [6, 6.07) is 5.66. The summed E-state index contributed by atoms with van der Waals surface area (Å²) in [7, 11) is 0. The predicted molar refractivity (Wildman–Crippen MR) is 63.1 cm³/mol. The Morgan fingerprint density at radius 2 is 2.25 bits per heavy atom. The first-order valence-electron chi connectivity index (χ1n) is 4.96. The third-order valence-corrected chi connectivity index (χ3v) is 3.39. The van der Waals surface area contributed by atoms with Gasteiger partial charge in [-0.15, -0.1) is 0 Å². The van der Waals surface area contributed by atoms with Gasteiger partial charge in [0.1, 0.15) is 6.54 Å². The highest BCUT2D eigenvalue weighted by Gasteiger charge is 2.12. The van der Waals surface area contributed by atoms with Gasteiger partial charge in [0.05, 0.1) is 10.2 Å². The van der Waals surface area contributed by atoms with Crippen LogP contribution < -0.4 is 4.87 Å². The molecule has 0 aliphatic heterocycles. The molecule has 1 aromatic heterocycles. The van der Waals surface area contributed by atoms with Gasteiger partial charge in [-0.25, -0.2) is 0 Å². The van der Waals surface area contributed by atoms with E-state index in [-0.39, 0.29) is 11.4 Å². The van der Waals surface area contributed by atoms with Crippen LogP contribution in [0.2, 0.25) is 0 Å². The van der Waals surface area contributed by atoms with Crippen molar-refractivity contribution in [3.63, 3.8) is 0 Å². The van der Waals surface area contributed by atoms with Crippen LogP contribution in [0.5, 0.6) is 0 Å². The molecule has 4 nitrogen and oxygen atoms in total. The monoisotopic (exact) mass is 237 g/mol. The van der Waals surface area contributed by atoms with E-state index in [0.717, 1.165) is 33.5 Å². The molecule has 0 unspecified atom stereocenters. The number of para-hydroxylation sites is 1. The fourth-order valence-corrected chi connectivity index (χ4v) is 2.70. The first kappa shape index (κ1) is 10.9. The lowest BCUT2D eigenvalue weighted by Gasteiger charge is -2.04. The third kappa shape index (κ3) is 1.74.